The molecule has 3 heterocycles. The van der Waals surface area contributed by atoms with Gasteiger partial charge in [0.15, 0.2) is 0 Å². The lowest BCUT2D eigenvalue weighted by Gasteiger charge is -2.37. The highest BCUT2D eigenvalue weighted by molar-refractivity contribution is 8.02. The van der Waals surface area contributed by atoms with E-state index in [1.807, 2.05) is 72.8 Å². The number of likely N-dealkylation sites (tertiary alicyclic amines) is 1. The molecule has 7 nitrogen and oxygen atoms in total. The Bertz CT molecular complexity index is 1560. The second-order valence-electron chi connectivity index (χ2n) is 11.6. The Hall–Kier alpha value is -3.88. The van der Waals surface area contributed by atoms with Crippen molar-refractivity contribution in [3.8, 4) is 0 Å². The fourth-order valence-corrected chi connectivity index (χ4v) is 9.62. The van der Waals surface area contributed by atoms with Gasteiger partial charge >= 0.3 is 0 Å². The van der Waals surface area contributed by atoms with Crippen molar-refractivity contribution in [1.29, 1.82) is 0 Å². The fraction of sp³-hybridized carbons (Fsp3) is 0.343. The van der Waals surface area contributed by atoms with E-state index in [1.54, 1.807) is 38.6 Å². The summed E-state index contributed by atoms with van der Waals surface area (Å²) in [5.41, 5.74) is 1.73. The average Bonchev–Trinajstić information content (AvgIpc) is 3.67. The molecule has 1 N–H and O–H groups in total. The Morgan fingerprint density at radius 3 is 2.42 bits per heavy atom. The number of carbonyl (C=O) groups is 3. The average molecular weight is 596 g/mol. The first-order valence-electron chi connectivity index (χ1n) is 14.9. The molecule has 3 aliphatic heterocycles. The molecule has 3 fully saturated rings. The third kappa shape index (κ3) is 4.96. The summed E-state index contributed by atoms with van der Waals surface area (Å²) in [4.78, 5) is 48.2. The van der Waals surface area contributed by atoms with Crippen LogP contribution in [0.15, 0.2) is 98.1 Å². The predicted molar refractivity (Wildman–Crippen MR) is 171 cm³/mol. The number of nitrogens with zero attached hydrogens (tertiary/aromatic N) is 3. The van der Waals surface area contributed by atoms with Crippen molar-refractivity contribution in [3.05, 3.63) is 104 Å². The Morgan fingerprint density at radius 1 is 0.977 bits per heavy atom. The van der Waals surface area contributed by atoms with E-state index in [2.05, 4.69) is 13.2 Å². The summed E-state index contributed by atoms with van der Waals surface area (Å²) >= 11 is 1.64. The molecule has 3 aromatic carbocycles. The van der Waals surface area contributed by atoms with E-state index < -0.39 is 22.6 Å². The molecule has 3 saturated heterocycles. The van der Waals surface area contributed by atoms with E-state index in [-0.39, 0.29) is 42.7 Å². The molecular weight excluding hydrogens is 558 g/mol. The minimum absolute atomic E-state index is 0.0413. The van der Waals surface area contributed by atoms with Gasteiger partial charge in [-0.2, -0.15) is 0 Å². The maximum atomic E-state index is 14.7. The van der Waals surface area contributed by atoms with E-state index in [0.717, 1.165) is 28.4 Å². The molecule has 2 bridgehead atoms. The number of β-amino-alcohol motifs (C(OH)–C–C–N with tert-alkyl or cyclic N) is 1. The zero-order chi connectivity index (χ0) is 30.1. The van der Waals surface area contributed by atoms with Gasteiger partial charge in [0.05, 0.1) is 23.2 Å². The lowest BCUT2D eigenvalue weighted by atomic mass is 9.70. The van der Waals surface area contributed by atoms with Crippen LogP contribution in [0.1, 0.15) is 18.4 Å². The van der Waals surface area contributed by atoms with Gasteiger partial charge in [-0.25, -0.2) is 0 Å². The molecule has 43 heavy (non-hydrogen) atoms. The van der Waals surface area contributed by atoms with E-state index >= 15 is 0 Å². The molecule has 5 atom stereocenters. The van der Waals surface area contributed by atoms with Crippen LogP contribution in [0, 0.1) is 11.8 Å². The van der Waals surface area contributed by atoms with Crippen LogP contribution in [0.3, 0.4) is 0 Å². The molecule has 0 aromatic heterocycles. The topological polar surface area (TPSA) is 81.2 Å². The number of aliphatic hydroxyl groups is 1. The second-order valence-corrected chi connectivity index (χ2v) is 13.2. The van der Waals surface area contributed by atoms with Gasteiger partial charge in [-0.05, 0) is 41.3 Å². The van der Waals surface area contributed by atoms with E-state index in [4.69, 9.17) is 0 Å². The van der Waals surface area contributed by atoms with Gasteiger partial charge in [-0.15, -0.1) is 24.9 Å². The SMILES string of the molecule is C=CCN(Cc1ccccc1)C(=O)[C@@H]1[C@H]2C(=O)N(CCO)C(C(=O)N(CC=C)c3ccc4ccccc4c3)C23CC[C@H]1S3. The molecule has 8 heteroatoms. The lowest BCUT2D eigenvalue weighted by molar-refractivity contribution is -0.144. The van der Waals surface area contributed by atoms with Crippen LogP contribution in [0.2, 0.25) is 0 Å². The zero-order valence-corrected chi connectivity index (χ0v) is 25.0. The molecule has 2 unspecified atom stereocenters. The van der Waals surface area contributed by atoms with Crippen molar-refractivity contribution in [2.75, 3.05) is 31.1 Å². The molecule has 1 spiro atoms. The van der Waals surface area contributed by atoms with Crippen molar-refractivity contribution in [3.63, 3.8) is 0 Å². The van der Waals surface area contributed by atoms with Crippen LogP contribution < -0.4 is 4.90 Å². The molecule has 3 amide bonds. The Kier molecular flexibility index (Phi) is 8.16. The Balaban J connectivity index is 1.36. The van der Waals surface area contributed by atoms with Crippen LogP contribution >= 0.6 is 11.8 Å². The summed E-state index contributed by atoms with van der Waals surface area (Å²) in [7, 11) is 0. The smallest absolute Gasteiger partial charge is 0.251 e. The number of hydrogen-bond acceptors (Lipinski definition) is 5. The molecule has 0 radical (unpaired) electrons. The van der Waals surface area contributed by atoms with Crippen LogP contribution in [-0.4, -0.2) is 74.9 Å². The van der Waals surface area contributed by atoms with Crippen LogP contribution in [0.5, 0.6) is 0 Å². The highest BCUT2D eigenvalue weighted by atomic mass is 32.2. The summed E-state index contributed by atoms with van der Waals surface area (Å²) in [6.45, 7) is 8.62. The first-order chi connectivity index (χ1) is 20.9. The van der Waals surface area contributed by atoms with Crippen molar-refractivity contribution >= 4 is 45.9 Å². The highest BCUT2D eigenvalue weighted by Crippen LogP contribution is 2.66. The predicted octanol–water partition coefficient (Wildman–Crippen LogP) is 4.66. The number of aliphatic hydroxyl groups excluding tert-OH is 1. The number of thioether (sulfide) groups is 1. The summed E-state index contributed by atoms with van der Waals surface area (Å²) in [6.07, 6.45) is 4.83. The summed E-state index contributed by atoms with van der Waals surface area (Å²) in [5.74, 6) is -1.66. The number of benzene rings is 3. The fourth-order valence-electron chi connectivity index (χ4n) is 7.41. The van der Waals surface area contributed by atoms with E-state index in [9.17, 15) is 19.5 Å². The van der Waals surface area contributed by atoms with Gasteiger partial charge in [0, 0.05) is 37.1 Å². The van der Waals surface area contributed by atoms with Gasteiger partial charge in [-0.3, -0.25) is 14.4 Å². The van der Waals surface area contributed by atoms with Crippen LogP contribution in [-0.2, 0) is 20.9 Å². The standard InChI is InChI=1S/C35H37N3O4S/c1-3-18-36(23-24-10-6-5-7-11-24)32(40)29-28-16-17-35(43-28)30(29)33(41)38(20-21-39)31(35)34(42)37(19-4-2)27-15-14-25-12-8-9-13-26(25)22-27/h3-15,22,28-31,39H,1-2,16-21,23H2/t28-,29+,30+,31?,35?/m1/s1. The molecule has 222 valence electrons. The highest BCUT2D eigenvalue weighted by Gasteiger charge is 2.74. The van der Waals surface area contributed by atoms with E-state index in [0.29, 0.717) is 19.5 Å². The summed E-state index contributed by atoms with van der Waals surface area (Å²) in [5, 5.41) is 12.0. The second kappa shape index (κ2) is 12.0. The summed E-state index contributed by atoms with van der Waals surface area (Å²) < 4.78 is -0.739. The third-order valence-corrected chi connectivity index (χ3v) is 11.1. The molecule has 0 aliphatic carbocycles. The molecule has 3 aromatic rings. The van der Waals surface area contributed by atoms with Gasteiger partial charge < -0.3 is 19.8 Å². The van der Waals surface area contributed by atoms with Gasteiger partial charge in [0.1, 0.15) is 6.04 Å². The number of anilines is 1. The summed E-state index contributed by atoms with van der Waals surface area (Å²) in [6, 6.07) is 22.9. The minimum Gasteiger partial charge on any atom is -0.395 e. The van der Waals surface area contributed by atoms with Crippen LogP contribution in [0.25, 0.3) is 10.8 Å². The largest absolute Gasteiger partial charge is 0.395 e. The van der Waals surface area contributed by atoms with E-state index in [1.165, 1.54) is 0 Å². The molecule has 6 rings (SSSR count). The van der Waals surface area contributed by atoms with Gasteiger partial charge in [0.2, 0.25) is 11.8 Å². The maximum Gasteiger partial charge on any atom is 0.251 e. The zero-order valence-electron chi connectivity index (χ0n) is 24.2. The quantitative estimate of drug-likeness (QED) is 0.327. The number of amides is 3. The van der Waals surface area contributed by atoms with Crippen molar-refractivity contribution in [2.24, 2.45) is 11.8 Å². The Morgan fingerprint density at radius 2 is 1.70 bits per heavy atom. The normalized spacial score (nSPS) is 25.5. The number of fused-ring (bicyclic) bond motifs is 2. The monoisotopic (exact) mass is 595 g/mol. The van der Waals surface area contributed by atoms with Crippen molar-refractivity contribution < 1.29 is 19.5 Å². The Labute approximate surface area is 256 Å². The number of hydrogen-bond donors (Lipinski definition) is 1. The first-order valence-corrected chi connectivity index (χ1v) is 15.8. The van der Waals surface area contributed by atoms with Gasteiger partial charge in [0.25, 0.3) is 5.91 Å². The van der Waals surface area contributed by atoms with Crippen molar-refractivity contribution in [1.82, 2.24) is 9.80 Å². The molecule has 0 saturated carbocycles. The molecule has 3 aliphatic rings. The first kappa shape index (κ1) is 29.2. The third-order valence-electron chi connectivity index (χ3n) is 9.16. The van der Waals surface area contributed by atoms with Crippen LogP contribution in [0.4, 0.5) is 5.69 Å². The van der Waals surface area contributed by atoms with Gasteiger partial charge in [-0.1, -0.05) is 72.8 Å². The lowest BCUT2D eigenvalue weighted by Crippen LogP contribution is -2.55. The maximum absolute atomic E-state index is 14.7. The number of rotatable bonds is 11. The van der Waals surface area contributed by atoms with Crippen molar-refractivity contribution in [2.45, 2.75) is 35.4 Å². The molecular formula is C35H37N3O4S. The number of carbonyl (C=O) groups excluding carboxylic acids is 3. The minimum atomic E-state index is -0.793.